The summed E-state index contributed by atoms with van der Waals surface area (Å²) in [6.07, 6.45) is 4.18. The largest absolute Gasteiger partial charge is 0.461 e. The third-order valence-corrected chi connectivity index (χ3v) is 7.52. The Labute approximate surface area is 180 Å². The van der Waals surface area contributed by atoms with Gasteiger partial charge in [-0.05, 0) is 48.6 Å². The molecule has 0 amide bonds. The van der Waals surface area contributed by atoms with E-state index < -0.39 is 0 Å². The molecule has 3 heterocycles. The lowest BCUT2D eigenvalue weighted by molar-refractivity contribution is 0.200. The molecule has 0 aliphatic heterocycles. The topological polar surface area (TPSA) is 78.5 Å². The number of fused-ring (bicyclic) bond motifs is 5. The summed E-state index contributed by atoms with van der Waals surface area (Å²) in [7, 11) is 1.36. The Morgan fingerprint density at radius 2 is 2.00 bits per heavy atom. The van der Waals surface area contributed by atoms with Crippen LogP contribution in [0.1, 0.15) is 34.7 Å². The Kier molecular flexibility index (Phi) is 5.08. The lowest BCUT2D eigenvalue weighted by atomic mass is 9.97. The van der Waals surface area contributed by atoms with Crippen molar-refractivity contribution in [2.45, 2.75) is 38.0 Å². The number of carbonyl (C=O) groups is 1. The molecule has 0 saturated heterocycles. The average molecular weight is 441 g/mol. The smallest absolute Gasteiger partial charge is 0.367 e. The highest BCUT2D eigenvalue weighted by atomic mass is 32.2. The van der Waals surface area contributed by atoms with Crippen LogP contribution in [-0.4, -0.2) is 31.6 Å². The van der Waals surface area contributed by atoms with Crippen LogP contribution in [0.15, 0.2) is 35.1 Å². The first-order chi connectivity index (χ1) is 14.7. The lowest BCUT2D eigenvalue weighted by Crippen LogP contribution is -2.24. The molecule has 0 saturated carbocycles. The lowest BCUT2D eigenvalue weighted by Gasteiger charge is -2.12. The Bertz CT molecular complexity index is 1310. The molecule has 7 nitrogen and oxygen atoms in total. The number of hydrogen-bond acceptors (Lipinski definition) is 7. The van der Waals surface area contributed by atoms with E-state index in [1.165, 1.54) is 17.6 Å². The second kappa shape index (κ2) is 7.88. The molecule has 0 fully saturated rings. The zero-order chi connectivity index (χ0) is 20.7. The molecule has 0 unspecified atom stereocenters. The van der Waals surface area contributed by atoms with Crippen LogP contribution in [0.3, 0.4) is 0 Å². The van der Waals surface area contributed by atoms with Gasteiger partial charge < -0.3 is 4.74 Å². The van der Waals surface area contributed by atoms with Gasteiger partial charge in [0.15, 0.2) is 0 Å². The van der Waals surface area contributed by atoms with Gasteiger partial charge >= 0.3 is 5.30 Å². The fourth-order valence-corrected chi connectivity index (χ4v) is 5.98. The predicted octanol–water partition coefficient (Wildman–Crippen LogP) is 4.03. The SMILES string of the molecule is COC(=O)SCc1nnc2n(Cc3ccccc3)c(=O)c3c4c(sc3n12)CCCC4. The van der Waals surface area contributed by atoms with E-state index in [2.05, 4.69) is 10.2 Å². The van der Waals surface area contributed by atoms with Gasteiger partial charge in [0.1, 0.15) is 10.7 Å². The number of thioether (sulfide) groups is 1. The van der Waals surface area contributed by atoms with Gasteiger partial charge in [0.05, 0.1) is 24.8 Å². The van der Waals surface area contributed by atoms with Crippen molar-refractivity contribution in [2.75, 3.05) is 7.11 Å². The molecule has 3 aromatic heterocycles. The number of rotatable bonds is 4. The Morgan fingerprint density at radius 3 is 2.80 bits per heavy atom. The van der Waals surface area contributed by atoms with Crippen molar-refractivity contribution in [2.24, 2.45) is 0 Å². The van der Waals surface area contributed by atoms with Crippen LogP contribution in [-0.2, 0) is 29.9 Å². The van der Waals surface area contributed by atoms with E-state index >= 15 is 0 Å². The maximum atomic E-state index is 13.6. The molecular weight excluding hydrogens is 420 g/mol. The number of hydrogen-bond donors (Lipinski definition) is 0. The first-order valence-corrected chi connectivity index (χ1v) is 11.6. The van der Waals surface area contributed by atoms with Crippen LogP contribution in [0.25, 0.3) is 16.0 Å². The van der Waals surface area contributed by atoms with Crippen LogP contribution in [0.5, 0.6) is 0 Å². The number of carbonyl (C=O) groups excluding carboxylic acids is 1. The summed E-state index contributed by atoms with van der Waals surface area (Å²) in [6.45, 7) is 0.423. The quantitative estimate of drug-likeness (QED) is 0.446. The Morgan fingerprint density at radius 1 is 1.20 bits per heavy atom. The van der Waals surface area contributed by atoms with Crippen LogP contribution in [0.2, 0.25) is 0 Å². The van der Waals surface area contributed by atoms with Crippen molar-refractivity contribution in [1.29, 1.82) is 0 Å². The number of aromatic nitrogens is 4. The van der Waals surface area contributed by atoms with Crippen molar-refractivity contribution in [3.05, 3.63) is 62.5 Å². The Hall–Kier alpha value is -2.65. The van der Waals surface area contributed by atoms with Gasteiger partial charge in [0.2, 0.25) is 5.78 Å². The fraction of sp³-hybridized carbons (Fsp3) is 0.333. The van der Waals surface area contributed by atoms with E-state index in [1.807, 2.05) is 34.7 Å². The van der Waals surface area contributed by atoms with Gasteiger partial charge in [0, 0.05) is 4.88 Å². The molecule has 1 aliphatic rings. The van der Waals surface area contributed by atoms with Crippen LogP contribution < -0.4 is 5.56 Å². The fourth-order valence-electron chi connectivity index (χ4n) is 4.03. The van der Waals surface area contributed by atoms with E-state index in [0.29, 0.717) is 23.9 Å². The van der Waals surface area contributed by atoms with Gasteiger partial charge in [-0.25, -0.2) is 4.79 Å². The van der Waals surface area contributed by atoms with Crippen LogP contribution >= 0.6 is 23.1 Å². The third-order valence-electron chi connectivity index (χ3n) is 5.44. The van der Waals surface area contributed by atoms with Gasteiger partial charge in [-0.15, -0.1) is 21.5 Å². The molecule has 30 heavy (non-hydrogen) atoms. The molecule has 1 aliphatic carbocycles. The number of thiophene rings is 1. The van der Waals surface area contributed by atoms with Crippen molar-refractivity contribution < 1.29 is 9.53 Å². The van der Waals surface area contributed by atoms with Gasteiger partial charge in [-0.3, -0.25) is 13.8 Å². The maximum Gasteiger partial charge on any atom is 0.367 e. The monoisotopic (exact) mass is 440 g/mol. The minimum absolute atomic E-state index is 0.0136. The summed E-state index contributed by atoms with van der Waals surface area (Å²) in [4.78, 5) is 27.4. The van der Waals surface area contributed by atoms with Crippen molar-refractivity contribution in [1.82, 2.24) is 19.2 Å². The number of methoxy groups -OCH3 is 1. The van der Waals surface area contributed by atoms with E-state index in [9.17, 15) is 9.59 Å². The van der Waals surface area contributed by atoms with Gasteiger partial charge in [-0.1, -0.05) is 30.3 Å². The van der Waals surface area contributed by atoms with Crippen LogP contribution in [0, 0.1) is 0 Å². The molecule has 5 rings (SSSR count). The molecule has 9 heteroatoms. The molecule has 0 atom stereocenters. The number of nitrogens with zero attached hydrogens (tertiary/aromatic N) is 4. The van der Waals surface area contributed by atoms with Crippen molar-refractivity contribution in [3.63, 3.8) is 0 Å². The van der Waals surface area contributed by atoms with Gasteiger partial charge in [-0.2, -0.15) is 0 Å². The minimum Gasteiger partial charge on any atom is -0.461 e. The summed E-state index contributed by atoms with van der Waals surface area (Å²) in [5, 5.41) is 9.10. The highest BCUT2D eigenvalue weighted by Gasteiger charge is 2.25. The standard InChI is InChI=1S/C21H20N4O3S2/c1-28-21(27)29-12-16-22-23-20-24(11-13-7-3-2-4-8-13)18(26)17-14-9-5-6-10-15(14)30-19(17)25(16)20/h2-4,7-8H,5-6,9-12H2,1H3. The van der Waals surface area contributed by atoms with E-state index in [4.69, 9.17) is 4.74 Å². The van der Waals surface area contributed by atoms with Crippen LogP contribution in [0.4, 0.5) is 4.79 Å². The zero-order valence-electron chi connectivity index (χ0n) is 16.5. The number of aryl methyl sites for hydroxylation is 2. The molecule has 4 aromatic rings. The summed E-state index contributed by atoms with van der Waals surface area (Å²) in [5.74, 6) is 1.48. The summed E-state index contributed by atoms with van der Waals surface area (Å²) in [6, 6.07) is 9.89. The summed E-state index contributed by atoms with van der Waals surface area (Å²) < 4.78 is 8.41. The van der Waals surface area contributed by atoms with E-state index in [1.54, 1.807) is 15.9 Å². The highest BCUT2D eigenvalue weighted by Crippen LogP contribution is 2.35. The average Bonchev–Trinajstić information content (AvgIpc) is 3.37. The third kappa shape index (κ3) is 3.22. The second-order valence-corrected chi connectivity index (χ2v) is 9.26. The molecule has 0 spiro atoms. The van der Waals surface area contributed by atoms with Gasteiger partial charge in [0.25, 0.3) is 5.56 Å². The number of ether oxygens (including phenoxy) is 1. The zero-order valence-corrected chi connectivity index (χ0v) is 18.1. The van der Waals surface area contributed by atoms with E-state index in [0.717, 1.165) is 53.2 Å². The first kappa shape index (κ1) is 19.3. The predicted molar refractivity (Wildman–Crippen MR) is 119 cm³/mol. The summed E-state index contributed by atoms with van der Waals surface area (Å²) >= 11 is 2.70. The maximum absolute atomic E-state index is 13.6. The van der Waals surface area contributed by atoms with Crippen molar-refractivity contribution in [3.8, 4) is 0 Å². The van der Waals surface area contributed by atoms with E-state index in [-0.39, 0.29) is 10.9 Å². The molecular formula is C21H20N4O3S2. The molecule has 0 bridgehead atoms. The highest BCUT2D eigenvalue weighted by molar-refractivity contribution is 8.12. The Balaban J connectivity index is 1.75. The normalized spacial score (nSPS) is 13.6. The number of benzene rings is 1. The first-order valence-electron chi connectivity index (χ1n) is 9.83. The molecule has 0 N–H and O–H groups in total. The molecule has 1 aromatic carbocycles. The second-order valence-electron chi connectivity index (χ2n) is 7.26. The molecule has 0 radical (unpaired) electrons. The summed E-state index contributed by atoms with van der Waals surface area (Å²) in [5.41, 5.74) is 2.19. The molecule has 154 valence electrons. The minimum atomic E-state index is -0.369. The van der Waals surface area contributed by atoms with Crippen molar-refractivity contribution >= 4 is 44.4 Å².